The topological polar surface area (TPSA) is 81.0 Å². The molecule has 1 atom stereocenters. The first kappa shape index (κ1) is 16.4. The van der Waals surface area contributed by atoms with Gasteiger partial charge in [0.15, 0.2) is 0 Å². The number of hydrogen-bond acceptors (Lipinski definition) is 6. The van der Waals surface area contributed by atoms with Crippen LogP contribution in [0, 0.1) is 0 Å². The fourth-order valence-electron chi connectivity index (χ4n) is 2.11. The van der Waals surface area contributed by atoms with Crippen LogP contribution >= 0.6 is 0 Å². The van der Waals surface area contributed by atoms with E-state index in [0.29, 0.717) is 45.2 Å². The maximum Gasteiger partial charge on any atom is 0.276 e. The van der Waals surface area contributed by atoms with Crippen molar-refractivity contribution in [3.8, 4) is 0 Å². The molecule has 1 unspecified atom stereocenters. The molecule has 0 spiro atoms. The SMILES string of the molecule is COCCNCc1ccc(S(=O)(=O)N2CCOC(C)C2)o1. The number of hydrogen-bond donors (Lipinski definition) is 1. The third-order valence-electron chi connectivity index (χ3n) is 3.22. The van der Waals surface area contributed by atoms with Gasteiger partial charge in [-0.2, -0.15) is 4.31 Å². The predicted octanol–water partition coefficient (Wildman–Crippen LogP) is 0.425. The van der Waals surface area contributed by atoms with Crippen LogP contribution in [0.15, 0.2) is 21.6 Å². The molecule has 1 saturated heterocycles. The van der Waals surface area contributed by atoms with Gasteiger partial charge in [0.25, 0.3) is 10.0 Å². The second-order valence-electron chi connectivity index (χ2n) is 4.93. The fourth-order valence-corrected chi connectivity index (χ4v) is 3.54. The second kappa shape index (κ2) is 7.37. The average Bonchev–Trinajstić information content (AvgIpc) is 2.93. The van der Waals surface area contributed by atoms with Gasteiger partial charge < -0.3 is 19.2 Å². The van der Waals surface area contributed by atoms with Crippen molar-refractivity contribution in [2.24, 2.45) is 0 Å². The van der Waals surface area contributed by atoms with E-state index in [4.69, 9.17) is 13.9 Å². The number of furan rings is 1. The molecule has 0 radical (unpaired) electrons. The van der Waals surface area contributed by atoms with Crippen molar-refractivity contribution < 1.29 is 22.3 Å². The van der Waals surface area contributed by atoms with Crippen LogP contribution < -0.4 is 5.32 Å². The lowest BCUT2D eigenvalue weighted by Gasteiger charge is -2.29. The molecule has 0 saturated carbocycles. The van der Waals surface area contributed by atoms with Gasteiger partial charge in [-0.25, -0.2) is 8.42 Å². The van der Waals surface area contributed by atoms with Crippen molar-refractivity contribution in [2.45, 2.75) is 24.7 Å². The fraction of sp³-hybridized carbons (Fsp3) is 0.692. The van der Waals surface area contributed by atoms with Crippen molar-refractivity contribution in [1.82, 2.24) is 9.62 Å². The number of morpholine rings is 1. The zero-order valence-corrected chi connectivity index (χ0v) is 13.2. The van der Waals surface area contributed by atoms with E-state index in [2.05, 4.69) is 5.32 Å². The van der Waals surface area contributed by atoms with Crippen LogP contribution in [-0.4, -0.2) is 58.8 Å². The second-order valence-corrected chi connectivity index (χ2v) is 6.80. The lowest BCUT2D eigenvalue weighted by Crippen LogP contribution is -2.44. The van der Waals surface area contributed by atoms with Crippen LogP contribution in [0.4, 0.5) is 0 Å². The van der Waals surface area contributed by atoms with Crippen molar-refractivity contribution in [3.63, 3.8) is 0 Å². The van der Waals surface area contributed by atoms with Crippen molar-refractivity contribution in [3.05, 3.63) is 17.9 Å². The highest BCUT2D eigenvalue weighted by atomic mass is 32.2. The van der Waals surface area contributed by atoms with E-state index < -0.39 is 10.0 Å². The number of nitrogens with one attached hydrogen (secondary N) is 1. The molecule has 8 heteroatoms. The minimum absolute atomic E-state index is 0.0138. The molecule has 2 heterocycles. The Morgan fingerprint density at radius 2 is 2.29 bits per heavy atom. The van der Waals surface area contributed by atoms with Crippen molar-refractivity contribution in [2.75, 3.05) is 40.0 Å². The van der Waals surface area contributed by atoms with E-state index >= 15 is 0 Å². The molecule has 0 amide bonds. The summed E-state index contributed by atoms with van der Waals surface area (Å²) in [6, 6.07) is 3.18. The van der Waals surface area contributed by atoms with Crippen LogP contribution in [0.25, 0.3) is 0 Å². The lowest BCUT2D eigenvalue weighted by atomic mass is 10.3. The maximum absolute atomic E-state index is 12.5. The van der Waals surface area contributed by atoms with Crippen LogP contribution in [0.3, 0.4) is 0 Å². The van der Waals surface area contributed by atoms with Gasteiger partial charge in [0.05, 0.1) is 25.9 Å². The molecule has 1 fully saturated rings. The number of nitrogens with zero attached hydrogens (tertiary/aromatic N) is 1. The first-order chi connectivity index (χ1) is 10.0. The van der Waals surface area contributed by atoms with Crippen molar-refractivity contribution in [1.29, 1.82) is 0 Å². The predicted molar refractivity (Wildman–Crippen MR) is 76.5 cm³/mol. The Balaban J connectivity index is 1.98. The minimum atomic E-state index is -3.58. The first-order valence-corrected chi connectivity index (χ1v) is 8.38. The zero-order valence-electron chi connectivity index (χ0n) is 12.4. The molecule has 0 aromatic carbocycles. The largest absolute Gasteiger partial charge is 0.447 e. The molecule has 1 aromatic rings. The molecule has 21 heavy (non-hydrogen) atoms. The molecule has 1 aliphatic heterocycles. The van der Waals surface area contributed by atoms with Gasteiger partial charge >= 0.3 is 0 Å². The molecule has 1 aliphatic rings. The maximum atomic E-state index is 12.5. The van der Waals surface area contributed by atoms with Gasteiger partial charge in [0.2, 0.25) is 5.09 Å². The van der Waals surface area contributed by atoms with Gasteiger partial charge in [-0.05, 0) is 19.1 Å². The summed E-state index contributed by atoms with van der Waals surface area (Å²) < 4.78 is 42.0. The van der Waals surface area contributed by atoms with Gasteiger partial charge in [0, 0.05) is 26.7 Å². The smallest absolute Gasteiger partial charge is 0.276 e. The molecular formula is C13H22N2O5S. The van der Waals surface area contributed by atoms with E-state index in [1.54, 1.807) is 13.2 Å². The van der Waals surface area contributed by atoms with E-state index in [9.17, 15) is 8.42 Å². The quantitative estimate of drug-likeness (QED) is 0.734. The highest BCUT2D eigenvalue weighted by Crippen LogP contribution is 2.21. The standard InChI is InChI=1S/C13H22N2O5S/c1-11-10-15(6-8-19-11)21(16,17)13-4-3-12(20-13)9-14-5-7-18-2/h3-4,11,14H,5-10H2,1-2H3. The van der Waals surface area contributed by atoms with Crippen LogP contribution in [0.1, 0.15) is 12.7 Å². The summed E-state index contributed by atoms with van der Waals surface area (Å²) in [5.74, 6) is 0.589. The van der Waals surface area contributed by atoms with Gasteiger partial charge in [-0.15, -0.1) is 0 Å². The Morgan fingerprint density at radius 1 is 1.48 bits per heavy atom. The Labute approximate surface area is 125 Å². The molecule has 0 aliphatic carbocycles. The summed E-state index contributed by atoms with van der Waals surface area (Å²) in [5, 5.41) is 3.09. The Bertz CT molecular complexity index is 543. The normalized spacial score (nSPS) is 20.8. The van der Waals surface area contributed by atoms with E-state index in [-0.39, 0.29) is 11.2 Å². The third kappa shape index (κ3) is 4.27. The molecule has 1 N–H and O–H groups in total. The van der Waals surface area contributed by atoms with Crippen molar-refractivity contribution >= 4 is 10.0 Å². The summed E-state index contributed by atoms with van der Waals surface area (Å²) in [4.78, 5) is 0. The average molecular weight is 318 g/mol. The number of sulfonamides is 1. The summed E-state index contributed by atoms with van der Waals surface area (Å²) in [7, 11) is -1.95. The summed E-state index contributed by atoms with van der Waals surface area (Å²) >= 11 is 0. The number of ether oxygens (including phenoxy) is 2. The molecule has 120 valence electrons. The molecule has 0 bridgehead atoms. The summed E-state index contributed by atoms with van der Waals surface area (Å²) in [6.45, 7) is 4.72. The van der Waals surface area contributed by atoms with E-state index in [0.717, 1.165) is 0 Å². The van der Waals surface area contributed by atoms with Crippen LogP contribution in [-0.2, 0) is 26.0 Å². The summed E-state index contributed by atoms with van der Waals surface area (Å²) in [6.07, 6.45) is -0.0985. The molecule has 1 aromatic heterocycles. The highest BCUT2D eigenvalue weighted by Gasteiger charge is 2.31. The van der Waals surface area contributed by atoms with Crippen LogP contribution in [0.5, 0.6) is 0 Å². The summed E-state index contributed by atoms with van der Waals surface area (Å²) in [5.41, 5.74) is 0. The Morgan fingerprint density at radius 3 is 3.00 bits per heavy atom. The van der Waals surface area contributed by atoms with Gasteiger partial charge in [-0.1, -0.05) is 0 Å². The number of methoxy groups -OCH3 is 1. The highest BCUT2D eigenvalue weighted by molar-refractivity contribution is 7.89. The van der Waals surface area contributed by atoms with Gasteiger partial charge in [-0.3, -0.25) is 0 Å². The Kier molecular flexibility index (Phi) is 5.77. The molecule has 2 rings (SSSR count). The molecule has 7 nitrogen and oxygen atoms in total. The number of rotatable bonds is 7. The lowest BCUT2D eigenvalue weighted by molar-refractivity contribution is 0.00975. The molecular weight excluding hydrogens is 296 g/mol. The Hall–Kier alpha value is -0.930. The zero-order chi connectivity index (χ0) is 15.3. The first-order valence-electron chi connectivity index (χ1n) is 6.94. The van der Waals surface area contributed by atoms with Gasteiger partial charge in [0.1, 0.15) is 5.76 Å². The van der Waals surface area contributed by atoms with E-state index in [1.165, 1.54) is 10.4 Å². The minimum Gasteiger partial charge on any atom is -0.447 e. The van der Waals surface area contributed by atoms with E-state index in [1.807, 2.05) is 6.92 Å². The monoisotopic (exact) mass is 318 g/mol. The van der Waals surface area contributed by atoms with Crippen LogP contribution in [0.2, 0.25) is 0 Å². The third-order valence-corrected chi connectivity index (χ3v) is 4.96.